The van der Waals surface area contributed by atoms with Gasteiger partial charge in [0.2, 0.25) is 5.91 Å². The quantitative estimate of drug-likeness (QED) is 0.515. The van der Waals surface area contributed by atoms with Crippen molar-refractivity contribution in [3.63, 3.8) is 0 Å². The smallest absolute Gasteiger partial charge is 0.254 e. The monoisotopic (exact) mass is 405 g/mol. The van der Waals surface area contributed by atoms with Crippen LogP contribution in [0.4, 0.5) is 10.1 Å². The Balaban J connectivity index is 1.42. The number of anilines is 1. The second-order valence-corrected chi connectivity index (χ2v) is 7.31. The van der Waals surface area contributed by atoms with Gasteiger partial charge >= 0.3 is 0 Å². The van der Waals surface area contributed by atoms with Crippen LogP contribution in [0.1, 0.15) is 10.4 Å². The van der Waals surface area contributed by atoms with Gasteiger partial charge in [-0.25, -0.2) is 9.37 Å². The van der Waals surface area contributed by atoms with Gasteiger partial charge in [0.25, 0.3) is 5.91 Å². The number of nitrogens with one attached hydrogen (secondary N) is 2. The van der Waals surface area contributed by atoms with Gasteiger partial charge in [0.15, 0.2) is 0 Å². The molecule has 4 rings (SSSR count). The summed E-state index contributed by atoms with van der Waals surface area (Å²) < 4.78 is 14.7. The molecule has 0 atom stereocenters. The van der Waals surface area contributed by atoms with E-state index in [4.69, 9.17) is 0 Å². The third-order valence-corrected chi connectivity index (χ3v) is 5.30. The summed E-state index contributed by atoms with van der Waals surface area (Å²) in [5, 5.41) is 6.02. The highest BCUT2D eigenvalue weighted by atomic mass is 32.1. The summed E-state index contributed by atoms with van der Waals surface area (Å²) >= 11 is 1.57. The Bertz CT molecular complexity index is 1170. The van der Waals surface area contributed by atoms with Crippen molar-refractivity contribution in [2.24, 2.45) is 0 Å². The standard InChI is InChI=1S/C22H16FN3O2S/c23-17-9-2-1-8-16(17)21(28)24-13-20(27)25-15-7-5-6-14(12-15)22-26-18-10-3-4-11-19(18)29-22/h1-12H,13H2,(H,24,28)(H,25,27). The molecule has 1 heterocycles. The first-order valence-corrected chi connectivity index (χ1v) is 9.70. The molecule has 2 N–H and O–H groups in total. The third-order valence-electron chi connectivity index (χ3n) is 4.22. The van der Waals surface area contributed by atoms with Crippen molar-refractivity contribution in [2.75, 3.05) is 11.9 Å². The molecule has 4 aromatic rings. The van der Waals surface area contributed by atoms with Crippen LogP contribution in [0.2, 0.25) is 0 Å². The fourth-order valence-electron chi connectivity index (χ4n) is 2.83. The van der Waals surface area contributed by atoms with Gasteiger partial charge in [0.05, 0.1) is 22.3 Å². The van der Waals surface area contributed by atoms with Crippen molar-refractivity contribution < 1.29 is 14.0 Å². The van der Waals surface area contributed by atoms with Crippen LogP contribution in [-0.2, 0) is 4.79 Å². The number of carbonyl (C=O) groups excluding carboxylic acids is 2. The molecule has 0 bridgehead atoms. The van der Waals surface area contributed by atoms with E-state index in [0.29, 0.717) is 5.69 Å². The first-order valence-electron chi connectivity index (χ1n) is 8.89. The van der Waals surface area contributed by atoms with E-state index in [2.05, 4.69) is 15.6 Å². The number of aromatic nitrogens is 1. The molecule has 144 valence electrons. The summed E-state index contributed by atoms with van der Waals surface area (Å²) in [6.07, 6.45) is 0. The molecule has 0 radical (unpaired) electrons. The van der Waals surface area contributed by atoms with Crippen LogP contribution in [0.3, 0.4) is 0 Å². The maximum Gasteiger partial charge on any atom is 0.254 e. The molecule has 3 aromatic carbocycles. The molecule has 2 amide bonds. The number of rotatable bonds is 5. The van der Waals surface area contributed by atoms with Gasteiger partial charge in [-0.1, -0.05) is 36.4 Å². The lowest BCUT2D eigenvalue weighted by Crippen LogP contribution is -2.33. The van der Waals surface area contributed by atoms with Gasteiger partial charge in [0.1, 0.15) is 10.8 Å². The largest absolute Gasteiger partial charge is 0.343 e. The highest BCUT2D eigenvalue weighted by Crippen LogP contribution is 2.31. The second kappa shape index (κ2) is 8.20. The average molecular weight is 405 g/mol. The number of halogens is 1. The van der Waals surface area contributed by atoms with Gasteiger partial charge in [-0.15, -0.1) is 11.3 Å². The molecule has 7 heteroatoms. The van der Waals surface area contributed by atoms with Gasteiger partial charge in [-0.3, -0.25) is 9.59 Å². The van der Waals surface area contributed by atoms with Crippen molar-refractivity contribution >= 4 is 39.1 Å². The number of hydrogen-bond donors (Lipinski definition) is 2. The number of fused-ring (bicyclic) bond motifs is 1. The zero-order valence-electron chi connectivity index (χ0n) is 15.2. The lowest BCUT2D eigenvalue weighted by Gasteiger charge is -2.08. The van der Waals surface area contributed by atoms with Gasteiger partial charge in [-0.2, -0.15) is 0 Å². The number of thiazole rings is 1. The van der Waals surface area contributed by atoms with Gasteiger partial charge in [0, 0.05) is 11.3 Å². The minimum Gasteiger partial charge on any atom is -0.343 e. The molecule has 0 aliphatic rings. The molecular formula is C22H16FN3O2S. The molecule has 0 unspecified atom stereocenters. The minimum atomic E-state index is -0.638. The molecule has 5 nitrogen and oxygen atoms in total. The van der Waals surface area contributed by atoms with Crippen LogP contribution < -0.4 is 10.6 Å². The predicted molar refractivity (Wildman–Crippen MR) is 112 cm³/mol. The lowest BCUT2D eigenvalue weighted by atomic mass is 10.2. The molecule has 0 aliphatic carbocycles. The number of hydrogen-bond acceptors (Lipinski definition) is 4. The van der Waals surface area contributed by atoms with Crippen molar-refractivity contribution in [3.8, 4) is 10.6 Å². The second-order valence-electron chi connectivity index (χ2n) is 6.28. The number of benzene rings is 3. The van der Waals surface area contributed by atoms with Crippen LogP contribution in [0.15, 0.2) is 72.8 Å². The maximum absolute atomic E-state index is 13.6. The minimum absolute atomic E-state index is 0.0990. The van der Waals surface area contributed by atoms with Crippen LogP contribution in [0.25, 0.3) is 20.8 Å². The molecular weight excluding hydrogens is 389 g/mol. The van der Waals surface area contributed by atoms with E-state index in [1.165, 1.54) is 18.2 Å². The van der Waals surface area contributed by atoms with E-state index in [1.807, 2.05) is 42.5 Å². The Morgan fingerprint density at radius 1 is 0.966 bits per heavy atom. The van der Waals surface area contributed by atoms with Gasteiger partial charge in [-0.05, 0) is 36.4 Å². The van der Waals surface area contributed by atoms with E-state index in [1.54, 1.807) is 23.5 Å². The Kier molecular flexibility index (Phi) is 5.31. The highest BCUT2D eigenvalue weighted by Gasteiger charge is 2.12. The van der Waals surface area contributed by atoms with Crippen molar-refractivity contribution in [3.05, 3.63) is 84.2 Å². The third kappa shape index (κ3) is 4.30. The lowest BCUT2D eigenvalue weighted by molar-refractivity contribution is -0.115. The van der Waals surface area contributed by atoms with Crippen LogP contribution in [0.5, 0.6) is 0 Å². The number of para-hydroxylation sites is 1. The van der Waals surface area contributed by atoms with Crippen molar-refractivity contribution in [2.45, 2.75) is 0 Å². The zero-order valence-corrected chi connectivity index (χ0v) is 16.0. The Morgan fingerprint density at radius 2 is 1.76 bits per heavy atom. The zero-order chi connectivity index (χ0) is 20.2. The van der Waals surface area contributed by atoms with E-state index in [-0.39, 0.29) is 12.1 Å². The van der Waals surface area contributed by atoms with E-state index >= 15 is 0 Å². The van der Waals surface area contributed by atoms with E-state index in [0.717, 1.165) is 20.8 Å². The molecule has 29 heavy (non-hydrogen) atoms. The molecule has 0 saturated carbocycles. The normalized spacial score (nSPS) is 10.7. The highest BCUT2D eigenvalue weighted by molar-refractivity contribution is 7.21. The molecule has 0 fully saturated rings. The van der Waals surface area contributed by atoms with Crippen LogP contribution in [0, 0.1) is 5.82 Å². The summed E-state index contributed by atoms with van der Waals surface area (Å²) in [6, 6.07) is 20.8. The summed E-state index contributed by atoms with van der Waals surface area (Å²) in [5.41, 5.74) is 2.31. The Hall–Kier alpha value is -3.58. The molecule has 0 saturated heterocycles. The molecule has 0 spiro atoms. The Morgan fingerprint density at radius 3 is 2.59 bits per heavy atom. The van der Waals surface area contributed by atoms with Crippen LogP contribution in [-0.4, -0.2) is 23.3 Å². The van der Waals surface area contributed by atoms with Crippen molar-refractivity contribution in [1.82, 2.24) is 10.3 Å². The maximum atomic E-state index is 13.6. The predicted octanol–water partition coefficient (Wildman–Crippen LogP) is 4.47. The van der Waals surface area contributed by atoms with Gasteiger partial charge < -0.3 is 10.6 Å². The number of nitrogens with zero attached hydrogens (tertiary/aromatic N) is 1. The fraction of sp³-hybridized carbons (Fsp3) is 0.0455. The van der Waals surface area contributed by atoms with E-state index < -0.39 is 17.6 Å². The number of carbonyl (C=O) groups is 2. The van der Waals surface area contributed by atoms with E-state index in [9.17, 15) is 14.0 Å². The SMILES string of the molecule is O=C(CNC(=O)c1ccccc1F)Nc1cccc(-c2nc3ccccc3s2)c1. The fourth-order valence-corrected chi connectivity index (χ4v) is 3.79. The number of amides is 2. The molecule has 0 aliphatic heterocycles. The summed E-state index contributed by atoms with van der Waals surface area (Å²) in [6.45, 7) is -0.265. The molecule has 1 aromatic heterocycles. The average Bonchev–Trinajstić information content (AvgIpc) is 3.17. The first kappa shape index (κ1) is 18.8. The summed E-state index contributed by atoms with van der Waals surface area (Å²) in [4.78, 5) is 28.8. The van der Waals surface area contributed by atoms with Crippen LogP contribution >= 0.6 is 11.3 Å². The summed E-state index contributed by atoms with van der Waals surface area (Å²) in [7, 11) is 0. The summed E-state index contributed by atoms with van der Waals surface area (Å²) in [5.74, 6) is -1.67. The first-order chi connectivity index (χ1) is 14.1. The van der Waals surface area contributed by atoms with Crippen molar-refractivity contribution in [1.29, 1.82) is 0 Å². The Labute approximate surface area is 170 Å². The topological polar surface area (TPSA) is 71.1 Å².